The molecule has 0 atom stereocenters. The molecule has 0 unspecified atom stereocenters. The molecule has 0 fully saturated rings. The number of hydrogen-bond donors (Lipinski definition) is 1. The number of ether oxygens (including phenoxy) is 2. The Labute approximate surface area is 169 Å². The summed E-state index contributed by atoms with van der Waals surface area (Å²) < 4.78 is 10.7. The summed E-state index contributed by atoms with van der Waals surface area (Å²) >= 11 is 1.87. The third-order valence-electron chi connectivity index (χ3n) is 4.84. The van der Waals surface area contributed by atoms with Crippen molar-refractivity contribution in [1.29, 1.82) is 0 Å². The predicted molar refractivity (Wildman–Crippen MR) is 112 cm³/mol. The second kappa shape index (κ2) is 8.16. The van der Waals surface area contributed by atoms with Gasteiger partial charge in [-0.3, -0.25) is 4.90 Å². The summed E-state index contributed by atoms with van der Waals surface area (Å²) in [5, 5.41) is 3.26. The lowest BCUT2D eigenvalue weighted by Crippen LogP contribution is -2.30. The van der Waals surface area contributed by atoms with Crippen molar-refractivity contribution in [2.24, 2.45) is 0 Å². The predicted octanol–water partition coefficient (Wildman–Crippen LogP) is 4.17. The highest BCUT2D eigenvalue weighted by Crippen LogP contribution is 2.31. The van der Waals surface area contributed by atoms with Gasteiger partial charge in [-0.2, -0.15) is 0 Å². The molecule has 3 aromatic rings. The fourth-order valence-corrected chi connectivity index (χ4v) is 4.33. The number of aromatic nitrogens is 2. The van der Waals surface area contributed by atoms with E-state index < -0.39 is 0 Å². The van der Waals surface area contributed by atoms with Crippen LogP contribution in [0.3, 0.4) is 0 Å². The van der Waals surface area contributed by atoms with Gasteiger partial charge in [0.1, 0.15) is 11.5 Å². The highest BCUT2D eigenvalue weighted by molar-refractivity contribution is 7.11. The summed E-state index contributed by atoms with van der Waals surface area (Å²) in [7, 11) is 3.29. The van der Waals surface area contributed by atoms with E-state index >= 15 is 0 Å². The molecule has 4 rings (SSSR count). The highest BCUT2D eigenvalue weighted by atomic mass is 32.1. The molecule has 0 aliphatic carbocycles. The molecule has 0 saturated carbocycles. The monoisotopic (exact) mass is 396 g/mol. The first-order valence-electron chi connectivity index (χ1n) is 9.26. The van der Waals surface area contributed by atoms with Gasteiger partial charge >= 0.3 is 0 Å². The summed E-state index contributed by atoms with van der Waals surface area (Å²) in [6.07, 6.45) is 2.86. The molecule has 0 radical (unpaired) electrons. The van der Waals surface area contributed by atoms with Crippen molar-refractivity contribution >= 4 is 23.0 Å². The van der Waals surface area contributed by atoms with Gasteiger partial charge in [-0.1, -0.05) is 0 Å². The normalized spacial score (nSPS) is 13.8. The van der Waals surface area contributed by atoms with Crippen molar-refractivity contribution in [2.45, 2.75) is 26.4 Å². The van der Waals surface area contributed by atoms with E-state index in [2.05, 4.69) is 34.3 Å². The van der Waals surface area contributed by atoms with Crippen molar-refractivity contribution in [1.82, 2.24) is 14.9 Å². The standard InChI is InChI=1S/C21H24N4O2S/c1-14-4-6-17(28-14)13-25-9-8-18-15(12-25)11-22-21(23-18)24-19-10-16(26-2)5-7-20(19)27-3/h4-7,10-11H,8-9,12-13H2,1-3H3,(H,22,23,24). The van der Waals surface area contributed by atoms with Gasteiger partial charge in [0.15, 0.2) is 0 Å². The number of fused-ring (bicyclic) bond motifs is 1. The Morgan fingerprint density at radius 1 is 1.18 bits per heavy atom. The Kier molecular flexibility index (Phi) is 5.45. The summed E-state index contributed by atoms with van der Waals surface area (Å²) in [6, 6.07) is 10.0. The van der Waals surface area contributed by atoms with Crippen LogP contribution < -0.4 is 14.8 Å². The zero-order chi connectivity index (χ0) is 19.5. The molecule has 28 heavy (non-hydrogen) atoms. The van der Waals surface area contributed by atoms with E-state index in [-0.39, 0.29) is 0 Å². The first-order valence-corrected chi connectivity index (χ1v) is 10.1. The van der Waals surface area contributed by atoms with Crippen molar-refractivity contribution in [2.75, 3.05) is 26.1 Å². The molecule has 2 aromatic heterocycles. The SMILES string of the molecule is COc1ccc(OC)c(Nc2ncc3c(n2)CCN(Cc2ccc(C)s2)C3)c1. The van der Waals surface area contributed by atoms with Gasteiger partial charge < -0.3 is 14.8 Å². The molecular formula is C21H24N4O2S. The zero-order valence-corrected chi connectivity index (χ0v) is 17.2. The second-order valence-electron chi connectivity index (χ2n) is 6.83. The Hall–Kier alpha value is -2.64. The van der Waals surface area contributed by atoms with Gasteiger partial charge in [-0.25, -0.2) is 9.97 Å². The summed E-state index contributed by atoms with van der Waals surface area (Å²) in [4.78, 5) is 14.5. The fourth-order valence-electron chi connectivity index (χ4n) is 3.39. The molecule has 146 valence electrons. The third kappa shape index (κ3) is 4.10. The average Bonchev–Trinajstić information content (AvgIpc) is 3.12. The minimum absolute atomic E-state index is 0.577. The molecule has 0 saturated heterocycles. The quantitative estimate of drug-likeness (QED) is 0.675. The first kappa shape index (κ1) is 18.7. The van der Waals surface area contributed by atoms with Crippen molar-refractivity contribution < 1.29 is 9.47 Å². The van der Waals surface area contributed by atoms with Gasteiger partial charge in [0, 0.05) is 53.6 Å². The van der Waals surface area contributed by atoms with Gasteiger partial charge in [-0.15, -0.1) is 11.3 Å². The van der Waals surface area contributed by atoms with Crippen molar-refractivity contribution in [3.05, 3.63) is 57.5 Å². The van der Waals surface area contributed by atoms with Gasteiger partial charge in [0.2, 0.25) is 5.95 Å². The maximum atomic E-state index is 5.42. The van der Waals surface area contributed by atoms with E-state index in [1.165, 1.54) is 15.3 Å². The van der Waals surface area contributed by atoms with Crippen LogP contribution >= 0.6 is 11.3 Å². The molecule has 0 spiro atoms. The van der Waals surface area contributed by atoms with E-state index in [1.54, 1.807) is 14.2 Å². The van der Waals surface area contributed by atoms with Gasteiger partial charge in [-0.05, 0) is 31.2 Å². The Balaban J connectivity index is 1.48. The van der Waals surface area contributed by atoms with E-state index in [0.717, 1.165) is 48.9 Å². The van der Waals surface area contributed by atoms with Crippen molar-refractivity contribution in [3.63, 3.8) is 0 Å². The fraction of sp³-hybridized carbons (Fsp3) is 0.333. The number of aryl methyl sites for hydroxylation is 1. The molecule has 0 bridgehead atoms. The molecule has 6 nitrogen and oxygen atoms in total. The summed E-state index contributed by atoms with van der Waals surface area (Å²) in [5.41, 5.74) is 3.09. The van der Waals surface area contributed by atoms with E-state index in [0.29, 0.717) is 5.95 Å². The number of thiophene rings is 1. The van der Waals surface area contributed by atoms with E-state index in [4.69, 9.17) is 14.5 Å². The minimum Gasteiger partial charge on any atom is -0.497 e. The zero-order valence-electron chi connectivity index (χ0n) is 16.4. The minimum atomic E-state index is 0.577. The number of benzene rings is 1. The lowest BCUT2D eigenvalue weighted by molar-refractivity contribution is 0.245. The van der Waals surface area contributed by atoms with Crippen LogP contribution in [-0.2, 0) is 19.5 Å². The Morgan fingerprint density at radius 2 is 2.07 bits per heavy atom. The second-order valence-corrected chi connectivity index (χ2v) is 8.20. The van der Waals surface area contributed by atoms with Crippen LogP contribution in [0.15, 0.2) is 36.5 Å². The molecule has 1 aromatic carbocycles. The number of methoxy groups -OCH3 is 2. The van der Waals surface area contributed by atoms with Crippen LogP contribution in [0.1, 0.15) is 21.0 Å². The molecule has 7 heteroatoms. The van der Waals surface area contributed by atoms with Crippen molar-refractivity contribution in [3.8, 4) is 11.5 Å². The van der Waals surface area contributed by atoms with E-state index in [1.807, 2.05) is 35.7 Å². The molecule has 1 N–H and O–H groups in total. The molecular weight excluding hydrogens is 372 g/mol. The average molecular weight is 397 g/mol. The number of rotatable bonds is 6. The van der Waals surface area contributed by atoms with Crippen LogP contribution in [-0.4, -0.2) is 35.6 Å². The van der Waals surface area contributed by atoms with Crippen LogP contribution in [0, 0.1) is 6.92 Å². The molecule has 3 heterocycles. The maximum Gasteiger partial charge on any atom is 0.227 e. The lowest BCUT2D eigenvalue weighted by atomic mass is 10.1. The van der Waals surface area contributed by atoms with Crippen LogP contribution in [0.4, 0.5) is 11.6 Å². The number of hydrogen-bond acceptors (Lipinski definition) is 7. The molecule has 1 aliphatic rings. The molecule has 1 aliphatic heterocycles. The first-order chi connectivity index (χ1) is 13.6. The van der Waals surface area contributed by atoms with Crippen LogP contribution in [0.5, 0.6) is 11.5 Å². The Morgan fingerprint density at radius 3 is 2.82 bits per heavy atom. The van der Waals surface area contributed by atoms with Crippen LogP contribution in [0.2, 0.25) is 0 Å². The van der Waals surface area contributed by atoms with E-state index in [9.17, 15) is 0 Å². The van der Waals surface area contributed by atoms with Crippen LogP contribution in [0.25, 0.3) is 0 Å². The lowest BCUT2D eigenvalue weighted by Gasteiger charge is -2.27. The summed E-state index contributed by atoms with van der Waals surface area (Å²) in [5.74, 6) is 2.05. The largest absolute Gasteiger partial charge is 0.497 e. The highest BCUT2D eigenvalue weighted by Gasteiger charge is 2.19. The topological polar surface area (TPSA) is 59.5 Å². The summed E-state index contributed by atoms with van der Waals surface area (Å²) in [6.45, 7) is 5.02. The maximum absolute atomic E-state index is 5.42. The molecule has 0 amide bonds. The van der Waals surface area contributed by atoms with Gasteiger partial charge in [0.05, 0.1) is 25.6 Å². The number of nitrogens with zero attached hydrogens (tertiary/aromatic N) is 3. The van der Waals surface area contributed by atoms with Gasteiger partial charge in [0.25, 0.3) is 0 Å². The number of nitrogens with one attached hydrogen (secondary N) is 1. The third-order valence-corrected chi connectivity index (χ3v) is 5.83. The smallest absolute Gasteiger partial charge is 0.227 e. The number of anilines is 2. The Bertz CT molecular complexity index is 973.